The van der Waals surface area contributed by atoms with Crippen LogP contribution in [-0.2, 0) is 0 Å². The van der Waals surface area contributed by atoms with E-state index in [-0.39, 0.29) is 0 Å². The molecule has 0 aromatic heterocycles. The van der Waals surface area contributed by atoms with Gasteiger partial charge in [-0.1, -0.05) is 46.4 Å². The van der Waals surface area contributed by atoms with Gasteiger partial charge in [0.1, 0.15) is 0 Å². The lowest BCUT2D eigenvalue weighted by atomic mass is 9.88. The standard InChI is InChI=1S/C15H24/c1-7-14-9-15(13(6)12(14)5)8-11(4)10(2)3/h7,9-12,14H,1,6,8H2,2-5H3. The number of hydrogen-bond acceptors (Lipinski definition) is 0. The van der Waals surface area contributed by atoms with E-state index in [1.165, 1.54) is 17.6 Å². The quantitative estimate of drug-likeness (QED) is 0.587. The summed E-state index contributed by atoms with van der Waals surface area (Å²) in [6.07, 6.45) is 5.58. The van der Waals surface area contributed by atoms with Gasteiger partial charge in [-0.25, -0.2) is 0 Å². The van der Waals surface area contributed by atoms with Crippen molar-refractivity contribution in [2.24, 2.45) is 23.7 Å². The number of allylic oxidation sites excluding steroid dienone is 4. The van der Waals surface area contributed by atoms with Gasteiger partial charge in [0, 0.05) is 5.92 Å². The molecule has 3 unspecified atom stereocenters. The molecule has 0 fully saturated rings. The Morgan fingerprint density at radius 3 is 2.40 bits per heavy atom. The molecule has 0 aliphatic heterocycles. The maximum Gasteiger partial charge on any atom is 0.00158 e. The van der Waals surface area contributed by atoms with Gasteiger partial charge in [-0.05, 0) is 35.3 Å². The van der Waals surface area contributed by atoms with Crippen molar-refractivity contribution in [3.05, 3.63) is 36.5 Å². The summed E-state index contributed by atoms with van der Waals surface area (Å²) in [4.78, 5) is 0. The van der Waals surface area contributed by atoms with Crippen LogP contribution in [0.5, 0.6) is 0 Å². The lowest BCUT2D eigenvalue weighted by Gasteiger charge is -2.17. The second kappa shape index (κ2) is 4.83. The van der Waals surface area contributed by atoms with Crippen LogP contribution in [0.3, 0.4) is 0 Å². The molecule has 0 N–H and O–H groups in total. The highest BCUT2D eigenvalue weighted by Gasteiger charge is 2.26. The largest absolute Gasteiger partial charge is 0.102 e. The Kier molecular flexibility index (Phi) is 3.96. The Balaban J connectivity index is 2.71. The Labute approximate surface area is 94.8 Å². The monoisotopic (exact) mass is 204 g/mol. The third-order valence-corrected chi connectivity index (χ3v) is 3.89. The molecule has 0 heterocycles. The molecule has 1 aliphatic carbocycles. The van der Waals surface area contributed by atoms with Gasteiger partial charge < -0.3 is 0 Å². The van der Waals surface area contributed by atoms with E-state index in [0.29, 0.717) is 11.8 Å². The molecule has 15 heavy (non-hydrogen) atoms. The minimum absolute atomic E-state index is 0.506. The highest BCUT2D eigenvalue weighted by atomic mass is 14.3. The smallest absolute Gasteiger partial charge is 0.00158 e. The van der Waals surface area contributed by atoms with E-state index in [4.69, 9.17) is 0 Å². The van der Waals surface area contributed by atoms with Crippen molar-refractivity contribution in [3.8, 4) is 0 Å². The van der Waals surface area contributed by atoms with Gasteiger partial charge in [0.15, 0.2) is 0 Å². The van der Waals surface area contributed by atoms with Gasteiger partial charge in [-0.3, -0.25) is 0 Å². The third-order valence-electron chi connectivity index (χ3n) is 3.89. The second-order valence-corrected chi connectivity index (χ2v) is 5.24. The second-order valence-electron chi connectivity index (χ2n) is 5.24. The predicted molar refractivity (Wildman–Crippen MR) is 68.7 cm³/mol. The first-order valence-corrected chi connectivity index (χ1v) is 5.99. The molecule has 0 saturated heterocycles. The zero-order valence-corrected chi connectivity index (χ0v) is 10.6. The van der Waals surface area contributed by atoms with Crippen molar-refractivity contribution in [1.82, 2.24) is 0 Å². The van der Waals surface area contributed by atoms with E-state index >= 15 is 0 Å². The fourth-order valence-corrected chi connectivity index (χ4v) is 2.06. The first-order chi connectivity index (χ1) is 6.97. The molecule has 0 saturated carbocycles. The van der Waals surface area contributed by atoms with Crippen molar-refractivity contribution < 1.29 is 0 Å². The van der Waals surface area contributed by atoms with Crippen molar-refractivity contribution in [2.75, 3.05) is 0 Å². The Hall–Kier alpha value is -0.780. The maximum atomic E-state index is 4.21. The molecule has 84 valence electrons. The summed E-state index contributed by atoms with van der Waals surface area (Å²) in [5.74, 6) is 2.55. The summed E-state index contributed by atoms with van der Waals surface area (Å²) >= 11 is 0. The fraction of sp³-hybridized carbons (Fsp3) is 0.600. The third kappa shape index (κ3) is 2.62. The Bertz CT molecular complexity index is 280. The minimum atomic E-state index is 0.506. The highest BCUT2D eigenvalue weighted by Crippen LogP contribution is 2.38. The van der Waals surface area contributed by atoms with E-state index in [2.05, 4.69) is 46.9 Å². The molecule has 0 heteroatoms. The molecule has 0 bridgehead atoms. The minimum Gasteiger partial charge on any atom is -0.102 e. The highest BCUT2D eigenvalue weighted by molar-refractivity contribution is 5.39. The summed E-state index contributed by atoms with van der Waals surface area (Å²) in [7, 11) is 0. The van der Waals surface area contributed by atoms with Crippen LogP contribution in [0.1, 0.15) is 34.1 Å². The van der Waals surface area contributed by atoms with E-state index in [1.807, 2.05) is 6.08 Å². The van der Waals surface area contributed by atoms with E-state index in [9.17, 15) is 0 Å². The molecular weight excluding hydrogens is 180 g/mol. The predicted octanol–water partition coefficient (Wildman–Crippen LogP) is 4.60. The first-order valence-electron chi connectivity index (χ1n) is 5.99. The summed E-state index contributed by atoms with van der Waals surface area (Å²) in [5, 5.41) is 0. The van der Waals surface area contributed by atoms with Crippen LogP contribution >= 0.6 is 0 Å². The van der Waals surface area contributed by atoms with E-state index in [0.717, 1.165) is 11.8 Å². The van der Waals surface area contributed by atoms with Crippen molar-refractivity contribution in [3.63, 3.8) is 0 Å². The molecule has 3 atom stereocenters. The SMILES string of the molecule is C=CC1C=C(CC(C)C(C)C)C(=C)C1C. The van der Waals surface area contributed by atoms with Crippen LogP contribution in [0, 0.1) is 23.7 Å². The van der Waals surface area contributed by atoms with Gasteiger partial charge >= 0.3 is 0 Å². The Morgan fingerprint density at radius 2 is 2.00 bits per heavy atom. The summed E-state index contributed by atoms with van der Waals surface area (Å²) in [6, 6.07) is 0. The van der Waals surface area contributed by atoms with Crippen LogP contribution in [0.25, 0.3) is 0 Å². The zero-order valence-electron chi connectivity index (χ0n) is 10.6. The normalized spacial score (nSPS) is 28.1. The average Bonchev–Trinajstić information content (AvgIpc) is 2.45. The molecule has 0 amide bonds. The molecule has 0 nitrogen and oxygen atoms in total. The number of hydrogen-bond donors (Lipinski definition) is 0. The van der Waals surface area contributed by atoms with Crippen LogP contribution in [0.2, 0.25) is 0 Å². The zero-order chi connectivity index (χ0) is 11.6. The number of rotatable bonds is 4. The summed E-state index contributed by atoms with van der Waals surface area (Å²) in [5.41, 5.74) is 2.79. The van der Waals surface area contributed by atoms with Crippen LogP contribution < -0.4 is 0 Å². The summed E-state index contributed by atoms with van der Waals surface area (Å²) in [6.45, 7) is 17.3. The molecular formula is C15H24. The molecule has 1 rings (SSSR count). The van der Waals surface area contributed by atoms with Gasteiger partial charge in [0.2, 0.25) is 0 Å². The molecule has 0 spiro atoms. The molecule has 1 aliphatic rings. The van der Waals surface area contributed by atoms with Gasteiger partial charge in [0.05, 0.1) is 0 Å². The molecule has 0 aromatic carbocycles. The van der Waals surface area contributed by atoms with Gasteiger partial charge in [-0.2, -0.15) is 0 Å². The van der Waals surface area contributed by atoms with Gasteiger partial charge in [-0.15, -0.1) is 6.58 Å². The Morgan fingerprint density at radius 1 is 1.40 bits per heavy atom. The van der Waals surface area contributed by atoms with Crippen LogP contribution in [-0.4, -0.2) is 0 Å². The average molecular weight is 204 g/mol. The topological polar surface area (TPSA) is 0 Å². The van der Waals surface area contributed by atoms with Crippen molar-refractivity contribution >= 4 is 0 Å². The van der Waals surface area contributed by atoms with Crippen LogP contribution in [0.4, 0.5) is 0 Å². The van der Waals surface area contributed by atoms with Gasteiger partial charge in [0.25, 0.3) is 0 Å². The lowest BCUT2D eigenvalue weighted by Crippen LogP contribution is -2.06. The first kappa shape index (κ1) is 12.3. The van der Waals surface area contributed by atoms with Crippen LogP contribution in [0.15, 0.2) is 36.5 Å². The molecule has 0 aromatic rings. The summed E-state index contributed by atoms with van der Waals surface area (Å²) < 4.78 is 0. The molecule has 0 radical (unpaired) electrons. The maximum absolute atomic E-state index is 4.21. The lowest BCUT2D eigenvalue weighted by molar-refractivity contribution is 0.417. The van der Waals surface area contributed by atoms with Crippen molar-refractivity contribution in [1.29, 1.82) is 0 Å². The van der Waals surface area contributed by atoms with E-state index in [1.54, 1.807) is 0 Å². The fourth-order valence-electron chi connectivity index (χ4n) is 2.06. The van der Waals surface area contributed by atoms with Crippen molar-refractivity contribution in [2.45, 2.75) is 34.1 Å². The van der Waals surface area contributed by atoms with E-state index < -0.39 is 0 Å².